The van der Waals surface area contributed by atoms with Gasteiger partial charge in [0.1, 0.15) is 11.3 Å². The van der Waals surface area contributed by atoms with Gasteiger partial charge in [-0.15, -0.1) is 0 Å². The fraction of sp³-hybridized carbons (Fsp3) is 0.400. The molecule has 140 valence electrons. The van der Waals surface area contributed by atoms with Crippen LogP contribution in [-0.2, 0) is 11.8 Å². The molecular formula is C20H22N4O2S. The summed E-state index contributed by atoms with van der Waals surface area (Å²) in [4.78, 5) is 20.5. The predicted octanol–water partition coefficient (Wildman–Crippen LogP) is 3.66. The van der Waals surface area contributed by atoms with Crippen molar-refractivity contribution in [1.29, 1.82) is 0 Å². The van der Waals surface area contributed by atoms with E-state index in [2.05, 4.69) is 28.8 Å². The molecule has 2 aliphatic rings. The average molecular weight is 382 g/mol. The summed E-state index contributed by atoms with van der Waals surface area (Å²) in [5.41, 5.74) is 3.85. The number of H-pyrrole nitrogens is 1. The summed E-state index contributed by atoms with van der Waals surface area (Å²) >= 11 is 1.66. The van der Waals surface area contributed by atoms with Crippen molar-refractivity contribution >= 4 is 28.7 Å². The lowest BCUT2D eigenvalue weighted by Gasteiger charge is -2.36. The lowest BCUT2D eigenvalue weighted by atomic mass is 10.0. The zero-order valence-corrected chi connectivity index (χ0v) is 16.2. The van der Waals surface area contributed by atoms with Crippen molar-refractivity contribution in [2.24, 2.45) is 7.05 Å². The Morgan fingerprint density at radius 3 is 2.85 bits per heavy atom. The zero-order chi connectivity index (χ0) is 18.6. The molecule has 0 bridgehead atoms. The lowest BCUT2D eigenvalue weighted by Crippen LogP contribution is -2.44. The second-order valence-electron chi connectivity index (χ2n) is 7.78. The van der Waals surface area contributed by atoms with Gasteiger partial charge in [0.05, 0.1) is 23.7 Å². The molecule has 1 aliphatic heterocycles. The Hall–Kier alpha value is -2.25. The summed E-state index contributed by atoms with van der Waals surface area (Å²) in [6.07, 6.45) is 6.13. The van der Waals surface area contributed by atoms with Gasteiger partial charge < -0.3 is 19.0 Å². The molecule has 3 aromatic rings. The van der Waals surface area contributed by atoms with Crippen molar-refractivity contribution in [3.05, 3.63) is 46.5 Å². The van der Waals surface area contributed by atoms with Crippen molar-refractivity contribution in [2.45, 2.75) is 30.4 Å². The van der Waals surface area contributed by atoms with Gasteiger partial charge >= 0.3 is 0 Å². The van der Waals surface area contributed by atoms with Crippen LogP contribution in [0.2, 0.25) is 0 Å². The largest absolute Gasteiger partial charge is 0.378 e. The van der Waals surface area contributed by atoms with Crippen molar-refractivity contribution in [2.75, 3.05) is 17.9 Å². The first kappa shape index (κ1) is 16.9. The van der Waals surface area contributed by atoms with E-state index >= 15 is 0 Å². The summed E-state index contributed by atoms with van der Waals surface area (Å²) < 4.78 is 10.5. The van der Waals surface area contributed by atoms with E-state index in [0.717, 1.165) is 35.7 Å². The topological polar surface area (TPSA) is 71.9 Å². The first-order valence-electron chi connectivity index (χ1n) is 9.24. The quantitative estimate of drug-likeness (QED) is 0.659. The molecule has 27 heavy (non-hydrogen) atoms. The Balaban J connectivity index is 1.60. The number of rotatable bonds is 5. The number of pyridine rings is 2. The van der Waals surface area contributed by atoms with Gasteiger partial charge in [-0.05, 0) is 55.3 Å². The third-order valence-electron chi connectivity index (χ3n) is 5.31. The number of hydrogen-bond acceptors (Lipinski definition) is 5. The summed E-state index contributed by atoms with van der Waals surface area (Å²) in [5.74, 6) is 1.41. The van der Waals surface area contributed by atoms with Crippen LogP contribution in [0.25, 0.3) is 22.2 Å². The fourth-order valence-corrected chi connectivity index (χ4v) is 4.30. The minimum atomic E-state index is -0.0190. The molecule has 0 spiro atoms. The van der Waals surface area contributed by atoms with Gasteiger partial charge in [0, 0.05) is 30.4 Å². The molecule has 1 aliphatic carbocycles. The Kier molecular flexibility index (Phi) is 3.84. The zero-order valence-electron chi connectivity index (χ0n) is 15.4. The van der Waals surface area contributed by atoms with Crippen LogP contribution in [0.15, 0.2) is 35.4 Å². The Labute approximate surface area is 161 Å². The third kappa shape index (κ3) is 2.95. The molecule has 0 atom stereocenters. The molecule has 6 nitrogen and oxygen atoms in total. The number of aromatic amines is 1. The van der Waals surface area contributed by atoms with Gasteiger partial charge in [-0.25, -0.2) is 4.98 Å². The Bertz CT molecular complexity index is 1080. The maximum absolute atomic E-state index is 12.4. The van der Waals surface area contributed by atoms with Crippen LogP contribution in [0.5, 0.6) is 0 Å². The van der Waals surface area contributed by atoms with E-state index in [-0.39, 0.29) is 10.3 Å². The van der Waals surface area contributed by atoms with E-state index in [9.17, 15) is 4.79 Å². The summed E-state index contributed by atoms with van der Waals surface area (Å²) in [7, 11) is 1.79. The standard InChI is InChI=1S/C20H22N4O2S/c1-20(10-26-11-20)27-23-16-6-5-13(12-3-4-12)17(22-16)15-9-24(2)19(25)18-14(15)7-8-21-18/h5-9,12,21H,3-4,10-11H2,1-2H3,(H,22,23). The lowest BCUT2D eigenvalue weighted by molar-refractivity contribution is 0.000163. The Morgan fingerprint density at radius 1 is 1.33 bits per heavy atom. The highest BCUT2D eigenvalue weighted by Crippen LogP contribution is 2.45. The maximum Gasteiger partial charge on any atom is 0.274 e. The van der Waals surface area contributed by atoms with E-state index in [4.69, 9.17) is 9.72 Å². The maximum atomic E-state index is 12.4. The van der Waals surface area contributed by atoms with E-state index in [1.54, 1.807) is 23.6 Å². The highest BCUT2D eigenvalue weighted by Gasteiger charge is 2.35. The molecular weight excluding hydrogens is 360 g/mol. The number of ether oxygens (including phenoxy) is 1. The van der Waals surface area contributed by atoms with Crippen molar-refractivity contribution in [3.8, 4) is 11.3 Å². The molecule has 3 aromatic heterocycles. The van der Waals surface area contributed by atoms with Crippen LogP contribution in [0.1, 0.15) is 31.2 Å². The number of anilines is 1. The summed E-state index contributed by atoms with van der Waals surface area (Å²) in [5, 5.41) is 0.927. The summed E-state index contributed by atoms with van der Waals surface area (Å²) in [6, 6.07) is 6.21. The van der Waals surface area contributed by atoms with Gasteiger partial charge in [0.25, 0.3) is 5.56 Å². The average Bonchev–Trinajstić information content (AvgIpc) is 3.37. The number of fused-ring (bicyclic) bond motifs is 1. The van der Waals surface area contributed by atoms with Crippen molar-refractivity contribution in [1.82, 2.24) is 14.5 Å². The molecule has 1 saturated heterocycles. The highest BCUT2D eigenvalue weighted by molar-refractivity contribution is 8.02. The molecule has 1 saturated carbocycles. The molecule has 2 fully saturated rings. The van der Waals surface area contributed by atoms with E-state index in [0.29, 0.717) is 11.4 Å². The number of nitrogens with zero attached hydrogens (tertiary/aromatic N) is 2. The molecule has 0 radical (unpaired) electrons. The fourth-order valence-electron chi connectivity index (χ4n) is 3.55. The van der Waals surface area contributed by atoms with Crippen LogP contribution in [0, 0.1) is 0 Å². The normalized spacial score (nSPS) is 18.4. The van der Waals surface area contributed by atoms with Crippen molar-refractivity contribution in [3.63, 3.8) is 0 Å². The molecule has 2 N–H and O–H groups in total. The van der Waals surface area contributed by atoms with Gasteiger partial charge in [-0.2, -0.15) is 0 Å². The van der Waals surface area contributed by atoms with Crippen LogP contribution in [0.4, 0.5) is 5.82 Å². The molecule has 0 unspecified atom stereocenters. The van der Waals surface area contributed by atoms with Crippen LogP contribution < -0.4 is 10.3 Å². The number of aryl methyl sites for hydroxylation is 1. The first-order valence-corrected chi connectivity index (χ1v) is 10.1. The molecule has 5 rings (SSSR count). The van der Waals surface area contributed by atoms with Crippen molar-refractivity contribution < 1.29 is 4.74 Å². The predicted molar refractivity (Wildman–Crippen MR) is 109 cm³/mol. The van der Waals surface area contributed by atoms with Crippen LogP contribution in [-0.4, -0.2) is 32.5 Å². The minimum absolute atomic E-state index is 0.0190. The monoisotopic (exact) mass is 382 g/mol. The SMILES string of the molecule is Cn1cc(-c2nc(NSC3(C)COC3)ccc2C2CC2)c2cc[nH]c2c1=O. The molecule has 0 amide bonds. The highest BCUT2D eigenvalue weighted by atomic mass is 32.2. The van der Waals surface area contributed by atoms with Gasteiger partial charge in [-0.3, -0.25) is 4.79 Å². The molecule has 4 heterocycles. The van der Waals surface area contributed by atoms with E-state index in [1.807, 2.05) is 18.5 Å². The molecule has 0 aromatic carbocycles. The van der Waals surface area contributed by atoms with Gasteiger partial charge in [0.2, 0.25) is 0 Å². The van der Waals surface area contributed by atoms with Gasteiger partial charge in [0.15, 0.2) is 0 Å². The van der Waals surface area contributed by atoms with Gasteiger partial charge in [-0.1, -0.05) is 6.07 Å². The summed E-state index contributed by atoms with van der Waals surface area (Å²) in [6.45, 7) is 3.69. The van der Waals surface area contributed by atoms with Crippen LogP contribution in [0.3, 0.4) is 0 Å². The van der Waals surface area contributed by atoms with E-state index < -0.39 is 0 Å². The van der Waals surface area contributed by atoms with Crippen LogP contribution >= 0.6 is 11.9 Å². The minimum Gasteiger partial charge on any atom is -0.378 e. The number of nitrogens with one attached hydrogen (secondary N) is 2. The number of aromatic nitrogens is 3. The molecule has 7 heteroatoms. The second-order valence-corrected chi connectivity index (χ2v) is 9.17. The Morgan fingerprint density at radius 2 is 2.15 bits per heavy atom. The first-order chi connectivity index (χ1) is 13.0. The van der Waals surface area contributed by atoms with E-state index in [1.165, 1.54) is 18.4 Å². The number of hydrogen-bond donors (Lipinski definition) is 2. The third-order valence-corrected chi connectivity index (χ3v) is 6.35. The smallest absolute Gasteiger partial charge is 0.274 e. The second kappa shape index (κ2) is 6.14.